The van der Waals surface area contributed by atoms with Gasteiger partial charge in [-0.05, 0) is 18.6 Å². The smallest absolute Gasteiger partial charge is 0.126 e. The van der Waals surface area contributed by atoms with E-state index in [1.54, 1.807) is 19.1 Å². The molecule has 1 atom stereocenters. The molecule has 1 fully saturated rings. The van der Waals surface area contributed by atoms with Crippen molar-refractivity contribution in [2.45, 2.75) is 13.0 Å². The molecule has 0 spiro atoms. The summed E-state index contributed by atoms with van der Waals surface area (Å²) in [6.07, 6.45) is 1.23. The summed E-state index contributed by atoms with van der Waals surface area (Å²) in [4.78, 5) is 0. The van der Waals surface area contributed by atoms with Gasteiger partial charge in [-0.3, -0.25) is 0 Å². The number of hydrogen-bond donors (Lipinski definition) is 2. The molecule has 3 nitrogen and oxygen atoms in total. The molecule has 1 aromatic rings. The maximum atomic E-state index is 12.3. The Balaban J connectivity index is 0.000000171. The highest BCUT2D eigenvalue weighted by atomic mass is 19.1. The summed E-state index contributed by atoms with van der Waals surface area (Å²) in [5, 5.41) is 9.86. The first-order chi connectivity index (χ1) is 8.13. The zero-order chi connectivity index (χ0) is 12.7. The molecule has 1 saturated heterocycles. The molecule has 92 valence electrons. The van der Waals surface area contributed by atoms with Gasteiger partial charge < -0.3 is 15.5 Å². The summed E-state index contributed by atoms with van der Waals surface area (Å²) >= 11 is 0. The van der Waals surface area contributed by atoms with E-state index in [0.29, 0.717) is 18.7 Å². The minimum absolute atomic E-state index is 0.0597. The molecule has 2 rings (SSSR count). The fraction of sp³-hybridized carbons (Fsp3) is 0.308. The third kappa shape index (κ3) is 4.78. The van der Waals surface area contributed by atoms with E-state index in [0.717, 1.165) is 5.70 Å². The van der Waals surface area contributed by atoms with E-state index in [4.69, 9.17) is 10.1 Å². The summed E-state index contributed by atoms with van der Waals surface area (Å²) in [5.41, 5.74) is 1.60. The molecule has 0 aromatic heterocycles. The molecule has 2 N–H and O–H groups in total. The van der Waals surface area contributed by atoms with Crippen molar-refractivity contribution in [2.24, 2.45) is 0 Å². The fourth-order valence-corrected chi connectivity index (χ4v) is 1.22. The standard InChI is InChI=1S/C7H7F.C6H10N2O/c1-6-4-2-3-5-7(6)8;1-5-4-9-6(2-7)3-8-5/h2-5H,1H3;2,6-8H,1,3-4H2. The lowest BCUT2D eigenvalue weighted by atomic mass is 10.2. The highest BCUT2D eigenvalue weighted by molar-refractivity contribution is 5.59. The monoisotopic (exact) mass is 236 g/mol. The van der Waals surface area contributed by atoms with Crippen LogP contribution in [0.1, 0.15) is 5.56 Å². The average Bonchev–Trinajstić information content (AvgIpc) is 2.35. The van der Waals surface area contributed by atoms with Crippen molar-refractivity contribution in [1.29, 1.82) is 5.41 Å². The van der Waals surface area contributed by atoms with Crippen LogP contribution >= 0.6 is 0 Å². The Labute approximate surface area is 101 Å². The maximum Gasteiger partial charge on any atom is 0.126 e. The molecule has 4 heteroatoms. The van der Waals surface area contributed by atoms with E-state index in [9.17, 15) is 4.39 Å². The number of hydrogen-bond acceptors (Lipinski definition) is 3. The highest BCUT2D eigenvalue weighted by Gasteiger charge is 2.11. The van der Waals surface area contributed by atoms with Crippen molar-refractivity contribution in [1.82, 2.24) is 5.32 Å². The summed E-state index contributed by atoms with van der Waals surface area (Å²) in [5.74, 6) is -0.132. The van der Waals surface area contributed by atoms with Crippen molar-refractivity contribution in [3.8, 4) is 0 Å². The Bertz CT molecular complexity index is 362. The van der Waals surface area contributed by atoms with Crippen molar-refractivity contribution in [3.63, 3.8) is 0 Å². The van der Waals surface area contributed by atoms with Gasteiger partial charge in [0, 0.05) is 18.5 Å². The Morgan fingerprint density at radius 3 is 2.65 bits per heavy atom. The Kier molecular flexibility index (Phi) is 5.36. The molecule has 0 amide bonds. The largest absolute Gasteiger partial charge is 0.384 e. The Morgan fingerprint density at radius 2 is 2.24 bits per heavy atom. The number of rotatable bonds is 1. The molecular weight excluding hydrogens is 219 g/mol. The lowest BCUT2D eigenvalue weighted by Crippen LogP contribution is -2.37. The maximum absolute atomic E-state index is 12.3. The first-order valence-electron chi connectivity index (χ1n) is 5.38. The summed E-state index contributed by atoms with van der Waals surface area (Å²) in [6, 6.07) is 6.70. The van der Waals surface area contributed by atoms with Crippen molar-refractivity contribution < 1.29 is 9.13 Å². The number of morpholine rings is 1. The number of ether oxygens (including phenoxy) is 1. The van der Waals surface area contributed by atoms with Gasteiger partial charge in [-0.25, -0.2) is 4.39 Å². The van der Waals surface area contributed by atoms with Gasteiger partial charge in [-0.1, -0.05) is 24.8 Å². The molecule has 0 aliphatic carbocycles. The van der Waals surface area contributed by atoms with Crippen LogP contribution in [0.5, 0.6) is 0 Å². The first kappa shape index (κ1) is 13.4. The van der Waals surface area contributed by atoms with Crippen LogP contribution < -0.4 is 5.32 Å². The van der Waals surface area contributed by atoms with E-state index < -0.39 is 0 Å². The molecule has 0 radical (unpaired) electrons. The van der Waals surface area contributed by atoms with Crippen molar-refractivity contribution in [2.75, 3.05) is 13.2 Å². The van der Waals surface area contributed by atoms with Gasteiger partial charge in [0.15, 0.2) is 0 Å². The van der Waals surface area contributed by atoms with Crippen LogP contribution in [-0.4, -0.2) is 25.5 Å². The number of nitrogens with one attached hydrogen (secondary N) is 2. The zero-order valence-electron chi connectivity index (χ0n) is 9.87. The molecule has 17 heavy (non-hydrogen) atoms. The molecule has 1 heterocycles. The van der Waals surface area contributed by atoms with E-state index in [1.807, 2.05) is 6.07 Å². The van der Waals surface area contributed by atoms with Crippen LogP contribution in [-0.2, 0) is 4.74 Å². The predicted molar refractivity (Wildman–Crippen MR) is 66.8 cm³/mol. The fourth-order valence-electron chi connectivity index (χ4n) is 1.22. The van der Waals surface area contributed by atoms with Gasteiger partial charge in [-0.2, -0.15) is 0 Å². The second-order valence-corrected chi connectivity index (χ2v) is 3.75. The normalized spacial score (nSPS) is 18.7. The van der Waals surface area contributed by atoms with Gasteiger partial charge in [-0.15, -0.1) is 0 Å². The SMILES string of the molecule is C=C1COC(C=N)CN1.Cc1ccccc1F. The number of benzene rings is 1. The second kappa shape index (κ2) is 6.81. The lowest BCUT2D eigenvalue weighted by molar-refractivity contribution is 0.0950. The van der Waals surface area contributed by atoms with Gasteiger partial charge in [0.05, 0.1) is 6.61 Å². The van der Waals surface area contributed by atoms with Gasteiger partial charge in [0.1, 0.15) is 11.9 Å². The van der Waals surface area contributed by atoms with Crippen LogP contribution in [0.3, 0.4) is 0 Å². The van der Waals surface area contributed by atoms with Crippen LogP contribution in [0.15, 0.2) is 36.5 Å². The van der Waals surface area contributed by atoms with Gasteiger partial charge >= 0.3 is 0 Å². The third-order valence-electron chi connectivity index (χ3n) is 2.29. The third-order valence-corrected chi connectivity index (χ3v) is 2.29. The molecular formula is C13H17FN2O. The molecule has 1 unspecified atom stereocenters. The summed E-state index contributed by atoms with van der Waals surface area (Å²) in [6.45, 7) is 6.63. The second-order valence-electron chi connectivity index (χ2n) is 3.75. The average molecular weight is 236 g/mol. The highest BCUT2D eigenvalue weighted by Crippen LogP contribution is 2.02. The summed E-state index contributed by atoms with van der Waals surface area (Å²) in [7, 11) is 0. The van der Waals surface area contributed by atoms with Crippen LogP contribution in [0, 0.1) is 18.2 Å². The van der Waals surface area contributed by atoms with Crippen LogP contribution in [0.25, 0.3) is 0 Å². The van der Waals surface area contributed by atoms with Crippen molar-refractivity contribution >= 4 is 6.21 Å². The lowest BCUT2D eigenvalue weighted by Gasteiger charge is -2.22. The molecule has 0 bridgehead atoms. The van der Waals surface area contributed by atoms with Gasteiger partial charge in [0.25, 0.3) is 0 Å². The first-order valence-corrected chi connectivity index (χ1v) is 5.38. The number of aryl methyl sites for hydroxylation is 1. The molecule has 1 aliphatic rings. The quantitative estimate of drug-likeness (QED) is 0.735. The van der Waals surface area contributed by atoms with E-state index in [2.05, 4.69) is 11.9 Å². The van der Waals surface area contributed by atoms with Crippen LogP contribution in [0.4, 0.5) is 4.39 Å². The molecule has 1 aliphatic heterocycles. The van der Waals surface area contributed by atoms with E-state index >= 15 is 0 Å². The van der Waals surface area contributed by atoms with Gasteiger partial charge in [0.2, 0.25) is 0 Å². The zero-order valence-corrected chi connectivity index (χ0v) is 9.87. The van der Waals surface area contributed by atoms with Crippen molar-refractivity contribution in [3.05, 3.63) is 47.9 Å². The minimum atomic E-state index is -0.132. The minimum Gasteiger partial charge on any atom is -0.384 e. The number of halogens is 1. The molecule has 0 saturated carbocycles. The Hall–Kier alpha value is -1.68. The Morgan fingerprint density at radius 1 is 1.53 bits per heavy atom. The molecule has 1 aromatic carbocycles. The van der Waals surface area contributed by atoms with E-state index in [-0.39, 0.29) is 11.9 Å². The topological polar surface area (TPSA) is 45.1 Å². The summed E-state index contributed by atoms with van der Waals surface area (Å²) < 4.78 is 17.5. The predicted octanol–water partition coefficient (Wildman–Crippen LogP) is 2.27. The van der Waals surface area contributed by atoms with Crippen LogP contribution in [0.2, 0.25) is 0 Å². The van der Waals surface area contributed by atoms with E-state index in [1.165, 1.54) is 12.3 Å².